The van der Waals surface area contributed by atoms with E-state index in [0.29, 0.717) is 24.6 Å². The summed E-state index contributed by atoms with van der Waals surface area (Å²) in [5.74, 6) is -0.967. The van der Waals surface area contributed by atoms with E-state index in [1.165, 1.54) is 18.2 Å². The van der Waals surface area contributed by atoms with Gasteiger partial charge in [-0.05, 0) is 24.6 Å². The number of guanidine groups is 1. The van der Waals surface area contributed by atoms with Gasteiger partial charge in [-0.3, -0.25) is 10.1 Å². The van der Waals surface area contributed by atoms with E-state index in [9.17, 15) is 18.9 Å². The second kappa shape index (κ2) is 12.1. The lowest BCUT2D eigenvalue weighted by molar-refractivity contribution is -0.384. The molecular weight excluding hydrogens is 485 g/mol. The lowest BCUT2D eigenvalue weighted by atomic mass is 10.2. The zero-order valence-corrected chi connectivity index (χ0v) is 17.5. The van der Waals surface area contributed by atoms with Gasteiger partial charge >= 0.3 is 0 Å². The number of aliphatic imine (C=N–C) groups is 1. The molecule has 0 unspecified atom stereocenters. The lowest BCUT2D eigenvalue weighted by Crippen LogP contribution is -2.39. The van der Waals surface area contributed by atoms with E-state index in [1.807, 2.05) is 6.92 Å². The third kappa shape index (κ3) is 7.62. The molecule has 0 aromatic heterocycles. The smallest absolute Gasteiger partial charge is 0.269 e. The molecule has 0 saturated carbocycles. The first-order valence-corrected chi connectivity index (χ1v) is 8.33. The summed E-state index contributed by atoms with van der Waals surface area (Å²) >= 11 is 0. The Labute approximate surface area is 178 Å². The van der Waals surface area contributed by atoms with E-state index in [2.05, 4.69) is 15.6 Å². The lowest BCUT2D eigenvalue weighted by Gasteiger charge is -2.12. The molecule has 0 fully saturated rings. The first-order valence-electron chi connectivity index (χ1n) is 8.33. The zero-order valence-electron chi connectivity index (χ0n) is 15.2. The number of nitro groups is 1. The van der Waals surface area contributed by atoms with Crippen molar-refractivity contribution in [2.45, 2.75) is 13.5 Å². The van der Waals surface area contributed by atoms with E-state index >= 15 is 0 Å². The molecule has 7 nitrogen and oxygen atoms in total. The van der Waals surface area contributed by atoms with Crippen LogP contribution >= 0.6 is 24.0 Å². The summed E-state index contributed by atoms with van der Waals surface area (Å²) in [6.45, 7) is 3.25. The van der Waals surface area contributed by atoms with Crippen molar-refractivity contribution in [3.05, 3.63) is 69.8 Å². The molecule has 2 N–H and O–H groups in total. The molecule has 0 aliphatic carbocycles. The molecule has 0 bridgehead atoms. The van der Waals surface area contributed by atoms with Crippen molar-refractivity contribution in [2.24, 2.45) is 4.99 Å². The van der Waals surface area contributed by atoms with Gasteiger partial charge in [0.15, 0.2) is 17.5 Å². The Morgan fingerprint density at radius 1 is 1.21 bits per heavy atom. The summed E-state index contributed by atoms with van der Waals surface area (Å²) in [5, 5.41) is 16.9. The molecular formula is C18H21F2IN4O3. The van der Waals surface area contributed by atoms with Crippen LogP contribution in [0.25, 0.3) is 0 Å². The Morgan fingerprint density at radius 3 is 2.68 bits per heavy atom. The molecule has 0 aliphatic rings. The van der Waals surface area contributed by atoms with E-state index in [0.717, 1.165) is 12.1 Å². The van der Waals surface area contributed by atoms with Crippen LogP contribution in [0, 0.1) is 21.7 Å². The molecule has 0 radical (unpaired) electrons. The highest BCUT2D eigenvalue weighted by atomic mass is 127. The van der Waals surface area contributed by atoms with Gasteiger partial charge in [0.2, 0.25) is 0 Å². The number of nitrogens with zero attached hydrogens (tertiary/aromatic N) is 2. The molecule has 10 heteroatoms. The minimum atomic E-state index is -0.763. The van der Waals surface area contributed by atoms with Crippen molar-refractivity contribution in [1.82, 2.24) is 10.6 Å². The van der Waals surface area contributed by atoms with Gasteiger partial charge in [0, 0.05) is 24.7 Å². The zero-order chi connectivity index (χ0) is 19.6. The van der Waals surface area contributed by atoms with Crippen molar-refractivity contribution in [1.29, 1.82) is 0 Å². The molecule has 152 valence electrons. The van der Waals surface area contributed by atoms with Crippen LogP contribution in [0.4, 0.5) is 14.5 Å². The van der Waals surface area contributed by atoms with Gasteiger partial charge in [0.25, 0.3) is 5.69 Å². The van der Waals surface area contributed by atoms with Crippen LogP contribution in [0.2, 0.25) is 0 Å². The van der Waals surface area contributed by atoms with Crippen LogP contribution in [0.3, 0.4) is 0 Å². The first-order chi connectivity index (χ1) is 13.0. The van der Waals surface area contributed by atoms with E-state index < -0.39 is 16.6 Å². The van der Waals surface area contributed by atoms with Crippen molar-refractivity contribution in [2.75, 3.05) is 19.7 Å². The van der Waals surface area contributed by atoms with Crippen molar-refractivity contribution >= 4 is 35.6 Å². The largest absolute Gasteiger partial charge is 0.489 e. The van der Waals surface area contributed by atoms with Gasteiger partial charge in [0.1, 0.15) is 12.4 Å². The molecule has 0 saturated heterocycles. The summed E-state index contributed by atoms with van der Waals surface area (Å²) in [6, 6.07) is 9.35. The number of nitro benzene ring substituents is 1. The maximum atomic E-state index is 13.5. The average Bonchev–Trinajstić information content (AvgIpc) is 2.64. The summed E-state index contributed by atoms with van der Waals surface area (Å²) in [5.41, 5.74) is 0.710. The van der Waals surface area contributed by atoms with E-state index in [4.69, 9.17) is 4.74 Å². The van der Waals surface area contributed by atoms with Gasteiger partial charge in [-0.25, -0.2) is 13.8 Å². The Balaban J connectivity index is 0.00000392. The van der Waals surface area contributed by atoms with Gasteiger partial charge < -0.3 is 15.4 Å². The fourth-order valence-corrected chi connectivity index (χ4v) is 2.20. The second-order valence-corrected chi connectivity index (χ2v) is 5.47. The predicted octanol–water partition coefficient (Wildman–Crippen LogP) is 3.63. The number of halogens is 3. The van der Waals surface area contributed by atoms with Crippen LogP contribution in [-0.2, 0) is 6.54 Å². The van der Waals surface area contributed by atoms with Gasteiger partial charge in [0.05, 0.1) is 18.0 Å². The van der Waals surface area contributed by atoms with Gasteiger partial charge in [-0.1, -0.05) is 12.1 Å². The number of hydrogen-bond acceptors (Lipinski definition) is 4. The van der Waals surface area contributed by atoms with Crippen molar-refractivity contribution in [3.63, 3.8) is 0 Å². The Bertz CT molecular complexity index is 821. The van der Waals surface area contributed by atoms with Crippen LogP contribution < -0.4 is 15.4 Å². The monoisotopic (exact) mass is 506 g/mol. The summed E-state index contributed by atoms with van der Waals surface area (Å²) in [7, 11) is 0. The third-order valence-electron chi connectivity index (χ3n) is 3.43. The molecule has 0 aliphatic heterocycles. The average molecular weight is 506 g/mol. The Morgan fingerprint density at radius 2 is 2.00 bits per heavy atom. The topological polar surface area (TPSA) is 88.8 Å². The fourth-order valence-electron chi connectivity index (χ4n) is 2.20. The highest BCUT2D eigenvalue weighted by molar-refractivity contribution is 14.0. The van der Waals surface area contributed by atoms with Crippen molar-refractivity contribution in [3.8, 4) is 5.75 Å². The molecule has 2 aromatic carbocycles. The van der Waals surface area contributed by atoms with Gasteiger partial charge in [-0.15, -0.1) is 24.0 Å². The van der Waals surface area contributed by atoms with Crippen molar-refractivity contribution < 1.29 is 18.4 Å². The normalized spacial score (nSPS) is 10.8. The minimum Gasteiger partial charge on any atom is -0.489 e. The summed E-state index contributed by atoms with van der Waals surface area (Å²) in [6.07, 6.45) is 0. The highest BCUT2D eigenvalue weighted by Gasteiger charge is 2.06. The summed E-state index contributed by atoms with van der Waals surface area (Å²) < 4.78 is 31.6. The van der Waals surface area contributed by atoms with E-state index in [-0.39, 0.29) is 48.6 Å². The van der Waals surface area contributed by atoms with Gasteiger partial charge in [-0.2, -0.15) is 0 Å². The number of rotatable bonds is 8. The molecule has 0 amide bonds. The maximum absolute atomic E-state index is 13.5. The standard InChI is InChI=1S/C18H20F2N4O3.HI/c1-2-21-18(23-12-13-4-3-5-15(10-13)24(25)26)22-8-9-27-17-7-6-14(19)11-16(17)20;/h3-7,10-11H,2,8-9,12H2,1H3,(H2,21,22,23);1H. The van der Waals surface area contributed by atoms with Crippen LogP contribution in [-0.4, -0.2) is 30.6 Å². The number of benzene rings is 2. The molecule has 0 heterocycles. The van der Waals surface area contributed by atoms with Crippen LogP contribution in [0.5, 0.6) is 5.75 Å². The highest BCUT2D eigenvalue weighted by Crippen LogP contribution is 2.17. The van der Waals surface area contributed by atoms with Crippen LogP contribution in [0.1, 0.15) is 12.5 Å². The van der Waals surface area contributed by atoms with Crippen LogP contribution in [0.15, 0.2) is 47.5 Å². The number of hydrogen-bond donors (Lipinski definition) is 2. The molecule has 2 aromatic rings. The second-order valence-electron chi connectivity index (χ2n) is 5.47. The molecule has 0 spiro atoms. The first kappa shape index (κ1) is 23.5. The SMILES string of the molecule is CCNC(=NCc1cccc([N+](=O)[O-])c1)NCCOc1ccc(F)cc1F.I. The molecule has 0 atom stereocenters. The summed E-state index contributed by atoms with van der Waals surface area (Å²) in [4.78, 5) is 14.7. The quantitative estimate of drug-likeness (QED) is 0.143. The minimum absolute atomic E-state index is 0. The maximum Gasteiger partial charge on any atom is 0.269 e. The Hall–Kier alpha value is -2.50. The molecule has 28 heavy (non-hydrogen) atoms. The number of ether oxygens (including phenoxy) is 1. The number of nitrogens with one attached hydrogen (secondary N) is 2. The predicted molar refractivity (Wildman–Crippen MR) is 113 cm³/mol. The fraction of sp³-hybridized carbons (Fsp3) is 0.278. The Kier molecular flexibility index (Phi) is 10.1. The van der Waals surface area contributed by atoms with E-state index in [1.54, 1.807) is 12.1 Å². The number of non-ortho nitro benzene ring substituents is 1. The molecule has 2 rings (SSSR count). The third-order valence-corrected chi connectivity index (χ3v) is 3.43.